The lowest BCUT2D eigenvalue weighted by atomic mass is 10.1. The molecule has 1 aliphatic heterocycles. The Morgan fingerprint density at radius 3 is 2.64 bits per heavy atom. The highest BCUT2D eigenvalue weighted by molar-refractivity contribution is 7.71. The molecule has 0 atom stereocenters. The molecule has 1 aromatic heterocycles. The van der Waals surface area contributed by atoms with Crippen LogP contribution in [0.15, 0.2) is 48.7 Å². The Morgan fingerprint density at radius 1 is 1.05 bits per heavy atom. The number of nitrogens with zero attached hydrogens (tertiary/aromatic N) is 1. The number of hydrogen-bond donors (Lipinski definition) is 1. The summed E-state index contributed by atoms with van der Waals surface area (Å²) in [7, 11) is 0. The number of nitrogens with one attached hydrogen (secondary N) is 1. The van der Waals surface area contributed by atoms with Crippen molar-refractivity contribution in [1.82, 2.24) is 9.55 Å². The fourth-order valence-electron chi connectivity index (χ4n) is 2.50. The van der Waals surface area contributed by atoms with E-state index in [4.69, 9.17) is 21.7 Å². The Bertz CT molecular complexity index is 894. The lowest BCUT2D eigenvalue weighted by Crippen LogP contribution is -1.92. The van der Waals surface area contributed by atoms with Gasteiger partial charge in [-0.3, -0.25) is 4.57 Å². The van der Waals surface area contributed by atoms with Gasteiger partial charge in [0.05, 0.1) is 5.69 Å². The highest BCUT2D eigenvalue weighted by Gasteiger charge is 2.15. The topological polar surface area (TPSA) is 39.2 Å². The van der Waals surface area contributed by atoms with Gasteiger partial charge in [0.1, 0.15) is 0 Å². The fourth-order valence-corrected chi connectivity index (χ4v) is 2.77. The van der Waals surface area contributed by atoms with Crippen LogP contribution >= 0.6 is 12.2 Å². The smallest absolute Gasteiger partial charge is 0.231 e. The maximum absolute atomic E-state index is 5.44. The zero-order valence-corrected chi connectivity index (χ0v) is 12.8. The number of rotatable bonds is 2. The number of hydrogen-bond acceptors (Lipinski definition) is 3. The molecule has 2 aromatic carbocycles. The normalized spacial score (nSPS) is 12.6. The minimum absolute atomic E-state index is 0.277. The van der Waals surface area contributed by atoms with Gasteiger partial charge in [-0.05, 0) is 49.5 Å². The molecular formula is C17H14N2O2S. The molecular weight excluding hydrogens is 296 g/mol. The van der Waals surface area contributed by atoms with Crippen molar-refractivity contribution >= 4 is 12.2 Å². The van der Waals surface area contributed by atoms with E-state index in [1.807, 2.05) is 29.0 Å². The molecule has 4 rings (SSSR count). The van der Waals surface area contributed by atoms with Gasteiger partial charge in [0, 0.05) is 17.4 Å². The summed E-state index contributed by atoms with van der Waals surface area (Å²) in [6, 6.07) is 14.1. The van der Waals surface area contributed by atoms with Crippen LogP contribution in [0.5, 0.6) is 11.5 Å². The van der Waals surface area contributed by atoms with E-state index in [0.29, 0.717) is 4.77 Å². The standard InChI is InChI=1S/C17H14N2O2S/c1-11-2-5-13(6-3-11)19-9-14(18-17(19)22)12-4-7-15-16(8-12)21-10-20-15/h2-9H,10H2,1H3,(H,18,22). The number of ether oxygens (including phenoxy) is 2. The second-order valence-corrected chi connectivity index (χ2v) is 5.63. The van der Waals surface area contributed by atoms with Gasteiger partial charge in [-0.1, -0.05) is 17.7 Å². The molecule has 1 N–H and O–H groups in total. The summed E-state index contributed by atoms with van der Waals surface area (Å²) in [5.74, 6) is 1.54. The molecule has 0 saturated heterocycles. The summed E-state index contributed by atoms with van der Waals surface area (Å²) in [6.45, 7) is 2.34. The highest BCUT2D eigenvalue weighted by Crippen LogP contribution is 2.35. The number of aromatic amines is 1. The van der Waals surface area contributed by atoms with Crippen molar-refractivity contribution in [2.24, 2.45) is 0 Å². The predicted octanol–water partition coefficient (Wildman–Crippen LogP) is 4.24. The second kappa shape index (κ2) is 5.03. The van der Waals surface area contributed by atoms with Crippen molar-refractivity contribution in [2.45, 2.75) is 6.92 Å². The summed E-state index contributed by atoms with van der Waals surface area (Å²) in [5.41, 5.74) is 4.23. The first kappa shape index (κ1) is 13.2. The van der Waals surface area contributed by atoms with Crippen molar-refractivity contribution in [3.8, 4) is 28.4 Å². The van der Waals surface area contributed by atoms with E-state index in [1.165, 1.54) is 5.56 Å². The van der Waals surface area contributed by atoms with Crippen LogP contribution in [-0.4, -0.2) is 16.3 Å². The third-order valence-corrected chi connectivity index (χ3v) is 4.01. The number of aromatic nitrogens is 2. The van der Waals surface area contributed by atoms with Gasteiger partial charge in [-0.15, -0.1) is 0 Å². The average Bonchev–Trinajstić information content (AvgIpc) is 3.13. The number of fused-ring (bicyclic) bond motifs is 1. The molecule has 22 heavy (non-hydrogen) atoms. The Labute approximate surface area is 132 Å². The van der Waals surface area contributed by atoms with Gasteiger partial charge in [0.15, 0.2) is 16.3 Å². The van der Waals surface area contributed by atoms with Gasteiger partial charge >= 0.3 is 0 Å². The zero-order chi connectivity index (χ0) is 15.1. The Hall–Kier alpha value is -2.53. The maximum atomic E-state index is 5.44. The van der Waals surface area contributed by atoms with E-state index in [-0.39, 0.29) is 6.79 Å². The molecule has 0 saturated carbocycles. The molecule has 3 aromatic rings. The maximum Gasteiger partial charge on any atom is 0.231 e. The van der Waals surface area contributed by atoms with Crippen LogP contribution in [0.1, 0.15) is 5.56 Å². The van der Waals surface area contributed by atoms with Gasteiger partial charge in [-0.25, -0.2) is 0 Å². The minimum atomic E-state index is 0.277. The Kier molecular flexibility index (Phi) is 3.01. The third kappa shape index (κ3) is 2.19. The summed E-state index contributed by atoms with van der Waals surface area (Å²) in [4.78, 5) is 3.25. The summed E-state index contributed by atoms with van der Waals surface area (Å²) in [5, 5.41) is 0. The lowest BCUT2D eigenvalue weighted by Gasteiger charge is -2.02. The number of imidazole rings is 1. The second-order valence-electron chi connectivity index (χ2n) is 5.25. The van der Waals surface area contributed by atoms with Gasteiger partial charge in [0.2, 0.25) is 6.79 Å². The van der Waals surface area contributed by atoms with Gasteiger partial charge in [0.25, 0.3) is 0 Å². The van der Waals surface area contributed by atoms with Crippen molar-refractivity contribution < 1.29 is 9.47 Å². The van der Waals surface area contributed by atoms with Crippen LogP contribution in [0.25, 0.3) is 16.9 Å². The zero-order valence-electron chi connectivity index (χ0n) is 12.0. The summed E-state index contributed by atoms with van der Waals surface area (Å²) >= 11 is 5.44. The molecule has 4 nitrogen and oxygen atoms in total. The fraction of sp³-hybridized carbons (Fsp3) is 0.118. The number of aryl methyl sites for hydroxylation is 1. The number of H-pyrrole nitrogens is 1. The monoisotopic (exact) mass is 310 g/mol. The Morgan fingerprint density at radius 2 is 1.82 bits per heavy atom. The van der Waals surface area contributed by atoms with E-state index >= 15 is 0 Å². The van der Waals surface area contributed by atoms with E-state index in [2.05, 4.69) is 36.2 Å². The molecule has 2 heterocycles. The molecule has 0 aliphatic carbocycles. The van der Waals surface area contributed by atoms with Crippen LogP contribution in [0.4, 0.5) is 0 Å². The molecule has 1 aliphatic rings. The first-order valence-electron chi connectivity index (χ1n) is 6.99. The molecule has 0 radical (unpaired) electrons. The first-order chi connectivity index (χ1) is 10.7. The third-order valence-electron chi connectivity index (χ3n) is 3.71. The molecule has 0 spiro atoms. The largest absolute Gasteiger partial charge is 0.454 e. The van der Waals surface area contributed by atoms with Crippen molar-refractivity contribution in [1.29, 1.82) is 0 Å². The van der Waals surface area contributed by atoms with Crippen molar-refractivity contribution in [2.75, 3.05) is 6.79 Å². The van der Waals surface area contributed by atoms with Crippen LogP contribution in [-0.2, 0) is 0 Å². The molecule has 0 fully saturated rings. The predicted molar refractivity (Wildman–Crippen MR) is 87.2 cm³/mol. The van der Waals surface area contributed by atoms with E-state index < -0.39 is 0 Å². The molecule has 110 valence electrons. The van der Waals surface area contributed by atoms with Gasteiger partial charge in [-0.2, -0.15) is 0 Å². The summed E-state index contributed by atoms with van der Waals surface area (Å²) in [6.07, 6.45) is 2.00. The lowest BCUT2D eigenvalue weighted by molar-refractivity contribution is 0.174. The van der Waals surface area contributed by atoms with Crippen LogP contribution in [0, 0.1) is 11.7 Å². The summed E-state index contributed by atoms with van der Waals surface area (Å²) < 4.78 is 13.4. The van der Waals surface area contributed by atoms with E-state index in [1.54, 1.807) is 0 Å². The van der Waals surface area contributed by atoms with E-state index in [0.717, 1.165) is 28.4 Å². The SMILES string of the molecule is Cc1ccc(-n2cc(-c3ccc4c(c3)OCO4)[nH]c2=S)cc1. The van der Waals surface area contributed by atoms with Crippen LogP contribution < -0.4 is 9.47 Å². The van der Waals surface area contributed by atoms with E-state index in [9.17, 15) is 0 Å². The first-order valence-corrected chi connectivity index (χ1v) is 7.40. The Balaban J connectivity index is 1.77. The van der Waals surface area contributed by atoms with Gasteiger partial charge < -0.3 is 14.5 Å². The number of benzene rings is 2. The highest BCUT2D eigenvalue weighted by atomic mass is 32.1. The molecule has 0 bridgehead atoms. The average molecular weight is 310 g/mol. The quantitative estimate of drug-likeness (QED) is 0.720. The van der Waals surface area contributed by atoms with Crippen LogP contribution in [0.3, 0.4) is 0 Å². The van der Waals surface area contributed by atoms with Crippen molar-refractivity contribution in [3.63, 3.8) is 0 Å². The molecule has 0 unspecified atom stereocenters. The van der Waals surface area contributed by atoms with Crippen molar-refractivity contribution in [3.05, 3.63) is 59.0 Å². The van der Waals surface area contributed by atoms with Crippen LogP contribution in [0.2, 0.25) is 0 Å². The minimum Gasteiger partial charge on any atom is -0.454 e. The molecule has 5 heteroatoms. The molecule has 0 amide bonds.